The fraction of sp³-hybridized carbons (Fsp3) is 0.650. The Kier molecular flexibility index (Phi) is 4.59. The van der Waals surface area contributed by atoms with Gasteiger partial charge in [-0.1, -0.05) is 6.92 Å². The van der Waals surface area contributed by atoms with E-state index in [9.17, 15) is 4.79 Å². The van der Waals surface area contributed by atoms with E-state index in [1.165, 1.54) is 6.42 Å². The van der Waals surface area contributed by atoms with Crippen LogP contribution < -0.4 is 5.32 Å². The van der Waals surface area contributed by atoms with E-state index in [1.54, 1.807) is 0 Å². The first-order valence-electron chi connectivity index (χ1n) is 9.95. The summed E-state index contributed by atoms with van der Waals surface area (Å²) < 4.78 is 1.93. The van der Waals surface area contributed by atoms with Crippen molar-refractivity contribution in [3.05, 3.63) is 23.0 Å². The van der Waals surface area contributed by atoms with Crippen molar-refractivity contribution in [3.63, 3.8) is 0 Å². The van der Waals surface area contributed by atoms with Gasteiger partial charge in [-0.25, -0.2) is 4.98 Å². The lowest BCUT2D eigenvalue weighted by atomic mass is 9.97. The zero-order valence-electron chi connectivity index (χ0n) is 16.1. The van der Waals surface area contributed by atoms with Gasteiger partial charge < -0.3 is 10.2 Å². The van der Waals surface area contributed by atoms with E-state index in [2.05, 4.69) is 35.2 Å². The molecule has 4 rings (SSSR count). The Labute approximate surface area is 155 Å². The van der Waals surface area contributed by atoms with Crippen LogP contribution in [0.1, 0.15) is 49.6 Å². The maximum Gasteiger partial charge on any atom is 0.225 e. The molecule has 1 atom stereocenters. The number of aromatic nitrogens is 3. The first-order valence-corrected chi connectivity index (χ1v) is 9.95. The van der Waals surface area contributed by atoms with Crippen LogP contribution >= 0.6 is 0 Å². The Hall–Kier alpha value is -2.11. The predicted octanol–water partition coefficient (Wildman–Crippen LogP) is 2.97. The second-order valence-electron chi connectivity index (χ2n) is 7.88. The molecule has 1 aliphatic carbocycles. The molecule has 0 radical (unpaired) electrons. The van der Waals surface area contributed by atoms with E-state index in [1.807, 2.05) is 11.4 Å². The number of fused-ring (bicyclic) bond motifs is 1. The lowest BCUT2D eigenvalue weighted by molar-refractivity contribution is -0.134. The minimum absolute atomic E-state index is 0.323. The molecule has 140 valence electrons. The van der Waals surface area contributed by atoms with Crippen LogP contribution in [0.4, 0.5) is 5.82 Å². The van der Waals surface area contributed by atoms with Gasteiger partial charge in [0.05, 0.1) is 5.69 Å². The molecule has 2 aromatic heterocycles. The molecule has 2 fully saturated rings. The molecule has 1 saturated carbocycles. The van der Waals surface area contributed by atoms with Crippen LogP contribution in [0.2, 0.25) is 0 Å². The fourth-order valence-electron chi connectivity index (χ4n) is 3.86. The van der Waals surface area contributed by atoms with Crippen LogP contribution in [0.5, 0.6) is 0 Å². The Balaban J connectivity index is 1.48. The molecule has 6 nitrogen and oxygen atoms in total. The smallest absolute Gasteiger partial charge is 0.225 e. The van der Waals surface area contributed by atoms with Gasteiger partial charge in [-0.2, -0.15) is 9.61 Å². The third-order valence-electron chi connectivity index (χ3n) is 5.80. The maximum absolute atomic E-state index is 12.4. The number of piperidine rings is 1. The number of carbonyl (C=O) groups is 1. The Bertz CT molecular complexity index is 823. The van der Waals surface area contributed by atoms with Crippen molar-refractivity contribution in [2.45, 2.75) is 52.9 Å². The summed E-state index contributed by atoms with van der Waals surface area (Å²) in [6.45, 7) is 8.92. The molecular weight excluding hydrogens is 326 g/mol. The molecule has 1 N–H and O–H groups in total. The van der Waals surface area contributed by atoms with Gasteiger partial charge >= 0.3 is 0 Å². The van der Waals surface area contributed by atoms with E-state index in [0.717, 1.165) is 73.7 Å². The van der Waals surface area contributed by atoms with Gasteiger partial charge in [0.2, 0.25) is 5.91 Å². The molecule has 0 spiro atoms. The molecule has 0 bridgehead atoms. The van der Waals surface area contributed by atoms with Gasteiger partial charge in [0.25, 0.3) is 0 Å². The van der Waals surface area contributed by atoms with Gasteiger partial charge in [0.1, 0.15) is 5.82 Å². The molecule has 26 heavy (non-hydrogen) atoms. The highest BCUT2D eigenvalue weighted by Gasteiger charge is 2.35. The number of amides is 1. The predicted molar refractivity (Wildman–Crippen MR) is 102 cm³/mol. The fourth-order valence-corrected chi connectivity index (χ4v) is 3.86. The third-order valence-corrected chi connectivity index (χ3v) is 5.80. The molecule has 0 unspecified atom stereocenters. The van der Waals surface area contributed by atoms with Crippen LogP contribution in [0.25, 0.3) is 5.65 Å². The molecule has 3 heterocycles. The Morgan fingerprint density at radius 1 is 1.31 bits per heavy atom. The third kappa shape index (κ3) is 3.29. The number of aryl methyl sites for hydroxylation is 3. The van der Waals surface area contributed by atoms with E-state index < -0.39 is 0 Å². The first-order chi connectivity index (χ1) is 12.6. The average Bonchev–Trinajstić information content (AvgIpc) is 3.47. The molecule has 0 aromatic carbocycles. The zero-order valence-corrected chi connectivity index (χ0v) is 16.1. The van der Waals surface area contributed by atoms with Crippen molar-refractivity contribution in [3.8, 4) is 0 Å². The van der Waals surface area contributed by atoms with Gasteiger partial charge in [0, 0.05) is 42.9 Å². The monoisotopic (exact) mass is 355 g/mol. The summed E-state index contributed by atoms with van der Waals surface area (Å²) in [5.74, 6) is 2.21. The highest BCUT2D eigenvalue weighted by Crippen LogP contribution is 2.32. The van der Waals surface area contributed by atoms with Crippen LogP contribution in [-0.2, 0) is 11.2 Å². The number of carbonyl (C=O) groups excluding carboxylic acids is 1. The van der Waals surface area contributed by atoms with Crippen LogP contribution in [-0.4, -0.2) is 45.0 Å². The molecule has 1 aliphatic heterocycles. The summed E-state index contributed by atoms with van der Waals surface area (Å²) >= 11 is 0. The summed E-state index contributed by atoms with van der Waals surface area (Å²) in [4.78, 5) is 19.2. The number of hydrogen-bond acceptors (Lipinski definition) is 4. The molecule has 6 heteroatoms. The van der Waals surface area contributed by atoms with Gasteiger partial charge in [0.15, 0.2) is 5.65 Å². The number of nitrogens with zero attached hydrogens (tertiary/aromatic N) is 4. The summed E-state index contributed by atoms with van der Waals surface area (Å²) in [7, 11) is 0. The first kappa shape index (κ1) is 17.3. The average molecular weight is 355 g/mol. The molecule has 2 aromatic rings. The van der Waals surface area contributed by atoms with Gasteiger partial charge in [-0.3, -0.25) is 4.79 Å². The number of rotatable bonds is 5. The van der Waals surface area contributed by atoms with Gasteiger partial charge in [-0.05, 0) is 51.9 Å². The van der Waals surface area contributed by atoms with E-state index in [0.29, 0.717) is 17.7 Å². The molecule has 2 aliphatic rings. The quantitative estimate of drug-likeness (QED) is 0.896. The number of nitrogens with one attached hydrogen (secondary N) is 1. The standard InChI is InChI=1S/C20H29N5O/c1-4-17-10-18(25-19(22-17)13(2)14(3)23-25)21-11-15-6-5-9-24(12-15)20(26)16-7-8-16/h10,15-16,21H,4-9,11-12H2,1-3H3/t15-/m1/s1. The minimum Gasteiger partial charge on any atom is -0.370 e. The summed E-state index contributed by atoms with van der Waals surface area (Å²) in [5, 5.41) is 8.25. The maximum atomic E-state index is 12.4. The molecular formula is C20H29N5O. The van der Waals surface area contributed by atoms with Crippen molar-refractivity contribution in [1.29, 1.82) is 0 Å². The summed E-state index contributed by atoms with van der Waals surface area (Å²) in [6, 6.07) is 2.11. The van der Waals surface area contributed by atoms with Crippen molar-refractivity contribution in [1.82, 2.24) is 19.5 Å². The lowest BCUT2D eigenvalue weighted by Crippen LogP contribution is -2.42. The van der Waals surface area contributed by atoms with Crippen LogP contribution in [0.15, 0.2) is 6.07 Å². The van der Waals surface area contributed by atoms with Crippen molar-refractivity contribution >= 4 is 17.4 Å². The second kappa shape index (κ2) is 6.89. The summed E-state index contributed by atoms with van der Waals surface area (Å²) in [6.07, 6.45) is 5.36. The topological polar surface area (TPSA) is 62.5 Å². The van der Waals surface area contributed by atoms with E-state index >= 15 is 0 Å². The Morgan fingerprint density at radius 3 is 2.85 bits per heavy atom. The zero-order chi connectivity index (χ0) is 18.3. The second-order valence-corrected chi connectivity index (χ2v) is 7.88. The number of hydrogen-bond donors (Lipinski definition) is 1. The number of anilines is 1. The normalized spacial score (nSPS) is 20.6. The van der Waals surface area contributed by atoms with E-state index in [4.69, 9.17) is 4.98 Å². The SMILES string of the molecule is CCc1cc(NC[C@H]2CCCN(C(=O)C3CC3)C2)n2nc(C)c(C)c2n1. The van der Waals surface area contributed by atoms with E-state index in [-0.39, 0.29) is 0 Å². The highest BCUT2D eigenvalue weighted by atomic mass is 16.2. The number of likely N-dealkylation sites (tertiary alicyclic amines) is 1. The minimum atomic E-state index is 0.323. The highest BCUT2D eigenvalue weighted by molar-refractivity contribution is 5.81. The molecule has 1 saturated heterocycles. The van der Waals surface area contributed by atoms with Crippen molar-refractivity contribution in [2.75, 3.05) is 25.0 Å². The van der Waals surface area contributed by atoms with Crippen molar-refractivity contribution < 1.29 is 4.79 Å². The molecule has 1 amide bonds. The van der Waals surface area contributed by atoms with Crippen molar-refractivity contribution in [2.24, 2.45) is 11.8 Å². The summed E-state index contributed by atoms with van der Waals surface area (Å²) in [5.41, 5.74) is 4.19. The van der Waals surface area contributed by atoms with Gasteiger partial charge in [-0.15, -0.1) is 0 Å². The Morgan fingerprint density at radius 2 is 2.12 bits per heavy atom. The largest absolute Gasteiger partial charge is 0.370 e. The lowest BCUT2D eigenvalue weighted by Gasteiger charge is -2.33. The van der Waals surface area contributed by atoms with Crippen LogP contribution in [0, 0.1) is 25.7 Å². The van der Waals surface area contributed by atoms with Crippen LogP contribution in [0.3, 0.4) is 0 Å².